The molecule has 4 aromatic carbocycles. The molecule has 0 bridgehead atoms. The van der Waals surface area contributed by atoms with Gasteiger partial charge in [0, 0.05) is 27.2 Å². The van der Waals surface area contributed by atoms with Gasteiger partial charge in [0.15, 0.2) is 0 Å². The second-order valence-electron chi connectivity index (χ2n) is 6.16. The normalized spacial score (nSPS) is 11.7. The van der Waals surface area contributed by atoms with Crippen LogP contribution in [0, 0.1) is 0 Å². The predicted octanol–water partition coefficient (Wildman–Crippen LogP) is 4.91. The molecule has 25 heavy (non-hydrogen) atoms. The largest absolute Gasteiger partial charge is 0.399 e. The lowest BCUT2D eigenvalue weighted by Gasteiger charge is -2.11. The third kappa shape index (κ3) is 2.08. The third-order valence-corrected chi connectivity index (χ3v) is 4.75. The van der Waals surface area contributed by atoms with E-state index in [9.17, 15) is 0 Å². The highest BCUT2D eigenvalue weighted by atomic mass is 35.5. The highest BCUT2D eigenvalue weighted by Crippen LogP contribution is 2.36. The summed E-state index contributed by atoms with van der Waals surface area (Å²) in [5.74, 6) is 0. The van der Waals surface area contributed by atoms with E-state index in [-0.39, 0.29) is 0 Å². The summed E-state index contributed by atoms with van der Waals surface area (Å²) in [5.41, 5.74) is 16.6. The Bertz CT molecular complexity index is 1330. The van der Waals surface area contributed by atoms with Crippen LogP contribution in [0.4, 0.5) is 11.4 Å². The summed E-state index contributed by atoms with van der Waals surface area (Å²) in [6.45, 7) is 0. The molecule has 5 heteroatoms. The van der Waals surface area contributed by atoms with Gasteiger partial charge < -0.3 is 11.5 Å². The van der Waals surface area contributed by atoms with E-state index in [1.165, 1.54) is 0 Å². The molecule has 0 aliphatic carbocycles. The van der Waals surface area contributed by atoms with Gasteiger partial charge in [0.05, 0.1) is 22.1 Å². The van der Waals surface area contributed by atoms with Crippen LogP contribution in [-0.2, 0) is 0 Å². The van der Waals surface area contributed by atoms with Crippen LogP contribution in [0.2, 0.25) is 5.02 Å². The minimum Gasteiger partial charge on any atom is -0.399 e. The average Bonchev–Trinajstić information content (AvgIpc) is 2.60. The first kappa shape index (κ1) is 14.3. The van der Waals surface area contributed by atoms with Crippen molar-refractivity contribution in [3.63, 3.8) is 0 Å². The first-order valence-corrected chi connectivity index (χ1v) is 8.25. The van der Waals surface area contributed by atoms with Gasteiger partial charge in [-0.3, -0.25) is 0 Å². The Morgan fingerprint density at radius 2 is 1.16 bits per heavy atom. The summed E-state index contributed by atoms with van der Waals surface area (Å²) >= 11 is 6.12. The number of hydrogen-bond donors (Lipinski definition) is 2. The van der Waals surface area contributed by atoms with Gasteiger partial charge in [-0.25, -0.2) is 9.97 Å². The Balaban J connectivity index is 2.12. The molecule has 4 N–H and O–H groups in total. The van der Waals surface area contributed by atoms with Gasteiger partial charge in [-0.2, -0.15) is 0 Å². The van der Waals surface area contributed by atoms with Gasteiger partial charge in [0.2, 0.25) is 0 Å². The molecule has 0 saturated heterocycles. The van der Waals surface area contributed by atoms with E-state index < -0.39 is 0 Å². The quantitative estimate of drug-likeness (QED) is 0.238. The highest BCUT2D eigenvalue weighted by Gasteiger charge is 2.13. The minimum absolute atomic E-state index is 0.634. The van der Waals surface area contributed by atoms with Crippen LogP contribution in [0.5, 0.6) is 0 Å². The predicted molar refractivity (Wildman–Crippen MR) is 106 cm³/mol. The number of nitrogens with two attached hydrogens (primary N) is 2. The van der Waals surface area contributed by atoms with E-state index in [1.54, 1.807) is 0 Å². The summed E-state index contributed by atoms with van der Waals surface area (Å²) < 4.78 is 0. The van der Waals surface area contributed by atoms with E-state index in [1.807, 2.05) is 54.6 Å². The number of nitrogen functional groups attached to an aromatic ring is 2. The van der Waals surface area contributed by atoms with Gasteiger partial charge >= 0.3 is 0 Å². The van der Waals surface area contributed by atoms with E-state index in [2.05, 4.69) is 0 Å². The molecule has 0 aliphatic heterocycles. The van der Waals surface area contributed by atoms with Gasteiger partial charge in [0.25, 0.3) is 0 Å². The molecular formula is C20H13ClN4. The van der Waals surface area contributed by atoms with Crippen molar-refractivity contribution >= 4 is 66.6 Å². The van der Waals surface area contributed by atoms with Crippen molar-refractivity contribution in [1.29, 1.82) is 0 Å². The number of anilines is 2. The maximum Gasteiger partial charge on any atom is 0.0980 e. The van der Waals surface area contributed by atoms with Crippen LogP contribution in [-0.4, -0.2) is 9.97 Å². The SMILES string of the molecule is Nc1ccc2c3ccc(N)cc3c3nc4cc(Cl)ccc4nc3c2c1. The number of hydrogen-bond acceptors (Lipinski definition) is 4. The van der Waals surface area contributed by atoms with Crippen LogP contribution < -0.4 is 11.5 Å². The number of rotatable bonds is 0. The van der Waals surface area contributed by atoms with E-state index in [0.29, 0.717) is 16.4 Å². The molecule has 1 heterocycles. The molecule has 0 saturated carbocycles. The first-order valence-electron chi connectivity index (χ1n) is 7.87. The van der Waals surface area contributed by atoms with Gasteiger partial charge in [0.1, 0.15) is 0 Å². The van der Waals surface area contributed by atoms with Crippen LogP contribution in [0.15, 0.2) is 54.6 Å². The fourth-order valence-electron chi connectivity index (χ4n) is 3.39. The number of fused-ring (bicyclic) bond motifs is 7. The first-order chi connectivity index (χ1) is 12.1. The lowest BCUT2D eigenvalue weighted by molar-refractivity contribution is 1.42. The standard InChI is InChI=1S/C20H13ClN4/c21-10-1-6-17-18(7-10)25-20-16-9-12(23)3-5-14(16)13-4-2-11(22)8-15(13)19(20)24-17/h1-9H,22-23H2. The highest BCUT2D eigenvalue weighted by molar-refractivity contribution is 6.31. The van der Waals surface area contributed by atoms with Gasteiger partial charge in [-0.05, 0) is 53.2 Å². The second kappa shape index (κ2) is 4.94. The maximum absolute atomic E-state index is 6.12. The van der Waals surface area contributed by atoms with Crippen molar-refractivity contribution in [2.24, 2.45) is 0 Å². The minimum atomic E-state index is 0.634. The van der Waals surface area contributed by atoms with Crippen molar-refractivity contribution in [2.45, 2.75) is 0 Å². The topological polar surface area (TPSA) is 77.8 Å². The Labute approximate surface area is 148 Å². The van der Waals surface area contributed by atoms with Crippen LogP contribution in [0.3, 0.4) is 0 Å². The third-order valence-electron chi connectivity index (χ3n) is 4.51. The zero-order valence-electron chi connectivity index (χ0n) is 13.1. The molecule has 120 valence electrons. The average molecular weight is 345 g/mol. The zero-order chi connectivity index (χ0) is 17.1. The molecule has 0 fully saturated rings. The van der Waals surface area contributed by atoms with Crippen LogP contribution in [0.1, 0.15) is 0 Å². The molecule has 5 rings (SSSR count). The molecule has 0 amide bonds. The molecule has 0 aliphatic rings. The van der Waals surface area contributed by atoms with Crippen molar-refractivity contribution in [1.82, 2.24) is 9.97 Å². The van der Waals surface area contributed by atoms with Crippen molar-refractivity contribution < 1.29 is 0 Å². The number of aromatic nitrogens is 2. The molecular weight excluding hydrogens is 332 g/mol. The number of nitrogens with zero attached hydrogens (tertiary/aromatic N) is 2. The second-order valence-corrected chi connectivity index (χ2v) is 6.60. The lowest BCUT2D eigenvalue weighted by Crippen LogP contribution is -1.94. The fourth-order valence-corrected chi connectivity index (χ4v) is 3.55. The molecule has 0 spiro atoms. The van der Waals surface area contributed by atoms with Gasteiger partial charge in [-0.15, -0.1) is 0 Å². The molecule has 0 radical (unpaired) electrons. The molecule has 4 nitrogen and oxygen atoms in total. The monoisotopic (exact) mass is 344 g/mol. The fraction of sp³-hybridized carbons (Fsp3) is 0. The number of benzene rings is 4. The van der Waals surface area contributed by atoms with Crippen LogP contribution >= 0.6 is 11.6 Å². The van der Waals surface area contributed by atoms with E-state index >= 15 is 0 Å². The number of halogens is 1. The Morgan fingerprint density at radius 3 is 1.76 bits per heavy atom. The van der Waals surface area contributed by atoms with E-state index in [4.69, 9.17) is 33.0 Å². The summed E-state index contributed by atoms with van der Waals surface area (Å²) in [5, 5.41) is 4.75. The maximum atomic E-state index is 6.12. The molecule has 0 unspecified atom stereocenters. The summed E-state index contributed by atoms with van der Waals surface area (Å²) in [7, 11) is 0. The Morgan fingerprint density at radius 1 is 0.600 bits per heavy atom. The van der Waals surface area contributed by atoms with E-state index in [0.717, 1.165) is 43.6 Å². The zero-order valence-corrected chi connectivity index (χ0v) is 13.9. The summed E-state index contributed by atoms with van der Waals surface area (Å²) in [4.78, 5) is 9.69. The smallest absolute Gasteiger partial charge is 0.0980 e. The van der Waals surface area contributed by atoms with Gasteiger partial charge in [-0.1, -0.05) is 23.7 Å². The molecule has 1 aromatic heterocycles. The van der Waals surface area contributed by atoms with Crippen molar-refractivity contribution in [3.8, 4) is 0 Å². The van der Waals surface area contributed by atoms with Crippen molar-refractivity contribution in [3.05, 3.63) is 59.6 Å². The summed E-state index contributed by atoms with van der Waals surface area (Å²) in [6.07, 6.45) is 0. The summed E-state index contributed by atoms with van der Waals surface area (Å²) in [6, 6.07) is 17.3. The molecule has 5 aromatic rings. The van der Waals surface area contributed by atoms with Crippen molar-refractivity contribution in [2.75, 3.05) is 11.5 Å². The molecule has 0 atom stereocenters. The Hall–Kier alpha value is -3.11. The Kier molecular flexibility index (Phi) is 2.82. The van der Waals surface area contributed by atoms with Crippen LogP contribution in [0.25, 0.3) is 43.6 Å². The lowest BCUT2D eigenvalue weighted by atomic mass is 9.98.